The lowest BCUT2D eigenvalue weighted by atomic mass is 9.94. The molecule has 1 unspecified atom stereocenters. The summed E-state index contributed by atoms with van der Waals surface area (Å²) in [5.74, 6) is 0.136. The third kappa shape index (κ3) is 3.27. The van der Waals surface area contributed by atoms with E-state index in [1.807, 2.05) is 36.4 Å². The van der Waals surface area contributed by atoms with Crippen LogP contribution in [0.4, 0.5) is 15.3 Å². The van der Waals surface area contributed by atoms with E-state index in [4.69, 9.17) is 4.74 Å². The molecule has 4 amide bonds. The van der Waals surface area contributed by atoms with E-state index in [0.717, 1.165) is 22.6 Å². The molecule has 0 saturated carbocycles. The topological polar surface area (TPSA) is 125 Å². The average Bonchev–Trinajstić information content (AvgIpc) is 3.46. The predicted octanol–water partition coefficient (Wildman–Crippen LogP) is 3.02. The average molecular weight is 431 g/mol. The van der Waals surface area contributed by atoms with Gasteiger partial charge in [-0.3, -0.25) is 10.1 Å². The number of nitrogens with zero attached hydrogens (tertiary/aromatic N) is 1. The van der Waals surface area contributed by atoms with Gasteiger partial charge in [0.15, 0.2) is 0 Å². The van der Waals surface area contributed by atoms with Crippen molar-refractivity contribution in [3.05, 3.63) is 71.7 Å². The summed E-state index contributed by atoms with van der Waals surface area (Å²) in [5.41, 5.74) is 2.60. The van der Waals surface area contributed by atoms with Crippen molar-refractivity contribution in [2.24, 2.45) is 0 Å². The Kier molecular flexibility index (Phi) is 4.66. The molecule has 2 aromatic carbocycles. The number of anilines is 1. The first-order valence-electron chi connectivity index (χ1n) is 10.3. The summed E-state index contributed by atoms with van der Waals surface area (Å²) in [6, 6.07) is 14.8. The van der Waals surface area contributed by atoms with Crippen LogP contribution in [0.3, 0.4) is 0 Å². The maximum absolute atomic E-state index is 12.7. The molecule has 1 aromatic heterocycles. The predicted molar refractivity (Wildman–Crippen MR) is 116 cm³/mol. The molecule has 1 fully saturated rings. The lowest BCUT2D eigenvalue weighted by Gasteiger charge is -2.20. The molecule has 3 aromatic rings. The van der Waals surface area contributed by atoms with Crippen molar-refractivity contribution in [2.75, 3.05) is 12.4 Å². The number of ether oxygens (including phenoxy) is 1. The molecule has 4 N–H and O–H groups in total. The quantitative estimate of drug-likeness (QED) is 0.505. The van der Waals surface area contributed by atoms with E-state index >= 15 is 0 Å². The van der Waals surface area contributed by atoms with Crippen molar-refractivity contribution in [3.8, 4) is 11.3 Å². The fraction of sp³-hybridized carbons (Fsp3) is 0.217. The van der Waals surface area contributed by atoms with Crippen LogP contribution in [0.2, 0.25) is 0 Å². The highest BCUT2D eigenvalue weighted by molar-refractivity contribution is 6.04. The van der Waals surface area contributed by atoms with Crippen LogP contribution in [-0.4, -0.2) is 35.0 Å². The van der Waals surface area contributed by atoms with Gasteiger partial charge in [0.05, 0.1) is 11.9 Å². The molecule has 9 heteroatoms. The molecule has 0 bridgehead atoms. The van der Waals surface area contributed by atoms with Gasteiger partial charge in [-0.25, -0.2) is 14.6 Å². The van der Waals surface area contributed by atoms with E-state index < -0.39 is 17.6 Å². The number of imidazole rings is 1. The number of rotatable bonds is 4. The molecule has 1 saturated heterocycles. The first kappa shape index (κ1) is 19.8. The van der Waals surface area contributed by atoms with E-state index in [-0.39, 0.29) is 11.9 Å². The number of hydrogen-bond acceptors (Lipinski definition) is 5. The Morgan fingerprint density at radius 1 is 1.22 bits per heavy atom. The number of alkyl carbamates (subject to hydrolysis) is 1. The van der Waals surface area contributed by atoms with Gasteiger partial charge in [0.2, 0.25) is 5.60 Å². The SMILES string of the molecule is CNC(=O)Nc1ccc2c(c1)C(Cc1ncc(-c3ccccc3)[nH]1)C[C@@]21OC(=O)NC1=O. The van der Waals surface area contributed by atoms with E-state index in [1.54, 1.807) is 18.3 Å². The van der Waals surface area contributed by atoms with E-state index in [9.17, 15) is 14.4 Å². The minimum atomic E-state index is -1.36. The standard InChI is InChI=1S/C23H21N5O4/c1-24-21(30)26-15-7-8-17-16(10-15)14(11-23(17)20(29)28-22(31)32-23)9-19-25-12-18(27-19)13-5-3-2-4-6-13/h2-8,10,12,14H,9,11H2,1H3,(H,25,27)(H2,24,26,30)(H,28,29,31)/t14?,23-/m1/s1. The molecule has 2 heterocycles. The summed E-state index contributed by atoms with van der Waals surface area (Å²) in [6.07, 6.45) is 1.83. The van der Waals surface area contributed by atoms with Gasteiger partial charge in [-0.2, -0.15) is 0 Å². The molecule has 2 aliphatic rings. The van der Waals surface area contributed by atoms with Gasteiger partial charge in [0, 0.05) is 31.1 Å². The van der Waals surface area contributed by atoms with Crippen LogP contribution < -0.4 is 16.0 Å². The lowest BCUT2D eigenvalue weighted by molar-refractivity contribution is -0.132. The highest BCUT2D eigenvalue weighted by atomic mass is 16.6. The van der Waals surface area contributed by atoms with Gasteiger partial charge in [0.25, 0.3) is 5.91 Å². The Morgan fingerprint density at radius 3 is 2.75 bits per heavy atom. The van der Waals surface area contributed by atoms with Crippen LogP contribution in [-0.2, 0) is 21.6 Å². The van der Waals surface area contributed by atoms with Crippen molar-refractivity contribution < 1.29 is 19.1 Å². The molecule has 162 valence electrons. The summed E-state index contributed by atoms with van der Waals surface area (Å²) in [6.45, 7) is 0. The smallest absolute Gasteiger partial charge is 0.415 e. The fourth-order valence-electron chi connectivity index (χ4n) is 4.49. The Morgan fingerprint density at radius 2 is 2.03 bits per heavy atom. The van der Waals surface area contributed by atoms with Crippen LogP contribution >= 0.6 is 0 Å². The first-order chi connectivity index (χ1) is 15.5. The summed E-state index contributed by atoms with van der Waals surface area (Å²) < 4.78 is 5.50. The number of nitrogens with one attached hydrogen (secondary N) is 4. The highest BCUT2D eigenvalue weighted by Gasteiger charge is 2.57. The second kappa shape index (κ2) is 7.52. The van der Waals surface area contributed by atoms with Gasteiger partial charge in [-0.05, 0) is 29.2 Å². The number of imide groups is 1. The lowest BCUT2D eigenvalue weighted by Crippen LogP contribution is -2.34. The Balaban J connectivity index is 1.49. The van der Waals surface area contributed by atoms with Crippen LogP contribution in [0.1, 0.15) is 29.3 Å². The maximum atomic E-state index is 12.7. The maximum Gasteiger partial charge on any atom is 0.415 e. The van der Waals surface area contributed by atoms with Crippen LogP contribution in [0.5, 0.6) is 0 Å². The zero-order valence-electron chi connectivity index (χ0n) is 17.3. The number of hydrogen-bond donors (Lipinski definition) is 4. The second-order valence-corrected chi connectivity index (χ2v) is 7.89. The van der Waals surface area contributed by atoms with Crippen molar-refractivity contribution in [1.29, 1.82) is 0 Å². The number of fused-ring (bicyclic) bond motifs is 2. The molecule has 9 nitrogen and oxygen atoms in total. The molecule has 5 rings (SSSR count). The van der Waals surface area contributed by atoms with Crippen LogP contribution in [0.15, 0.2) is 54.7 Å². The summed E-state index contributed by atoms with van der Waals surface area (Å²) in [5, 5.41) is 7.52. The van der Waals surface area contributed by atoms with Gasteiger partial charge >= 0.3 is 12.1 Å². The van der Waals surface area contributed by atoms with Gasteiger partial charge in [-0.1, -0.05) is 36.4 Å². The zero-order chi connectivity index (χ0) is 22.3. The third-order valence-corrected chi connectivity index (χ3v) is 5.95. The zero-order valence-corrected chi connectivity index (χ0v) is 17.3. The van der Waals surface area contributed by atoms with Gasteiger partial charge in [-0.15, -0.1) is 0 Å². The molecule has 1 spiro atoms. The monoisotopic (exact) mass is 431 g/mol. The fourth-order valence-corrected chi connectivity index (χ4v) is 4.49. The Hall–Kier alpha value is -4.14. The van der Waals surface area contributed by atoms with E-state index in [0.29, 0.717) is 24.1 Å². The van der Waals surface area contributed by atoms with Crippen molar-refractivity contribution >= 4 is 23.7 Å². The Bertz CT molecular complexity index is 1220. The molecular formula is C23H21N5O4. The second-order valence-electron chi connectivity index (χ2n) is 7.89. The molecule has 1 aliphatic carbocycles. The first-order valence-corrected chi connectivity index (χ1v) is 10.3. The van der Waals surface area contributed by atoms with E-state index in [1.165, 1.54) is 7.05 Å². The van der Waals surface area contributed by atoms with Crippen LogP contribution in [0.25, 0.3) is 11.3 Å². The minimum Gasteiger partial charge on any atom is -0.427 e. The highest BCUT2D eigenvalue weighted by Crippen LogP contribution is 2.50. The van der Waals surface area contributed by atoms with Crippen molar-refractivity contribution in [2.45, 2.75) is 24.4 Å². The van der Waals surface area contributed by atoms with Gasteiger partial charge in [0.1, 0.15) is 5.82 Å². The van der Waals surface area contributed by atoms with Gasteiger partial charge < -0.3 is 20.4 Å². The number of urea groups is 1. The number of carbonyl (C=O) groups excluding carboxylic acids is 3. The molecule has 2 atom stereocenters. The number of aromatic nitrogens is 2. The number of H-pyrrole nitrogens is 1. The molecular weight excluding hydrogens is 410 g/mol. The minimum absolute atomic E-state index is 0.150. The Labute approximate surface area is 183 Å². The number of amides is 4. The summed E-state index contributed by atoms with van der Waals surface area (Å²) >= 11 is 0. The van der Waals surface area contributed by atoms with E-state index in [2.05, 4.69) is 25.9 Å². The molecule has 0 radical (unpaired) electrons. The normalized spacial score (nSPS) is 21.2. The summed E-state index contributed by atoms with van der Waals surface area (Å²) in [7, 11) is 1.53. The number of carbonyl (C=O) groups is 3. The number of benzene rings is 2. The largest absolute Gasteiger partial charge is 0.427 e. The summed E-state index contributed by atoms with van der Waals surface area (Å²) in [4.78, 5) is 44.2. The third-order valence-electron chi connectivity index (χ3n) is 5.95. The molecule has 1 aliphatic heterocycles. The van der Waals surface area contributed by atoms with Crippen molar-refractivity contribution in [3.63, 3.8) is 0 Å². The number of aromatic amines is 1. The molecule has 32 heavy (non-hydrogen) atoms. The van der Waals surface area contributed by atoms with Crippen LogP contribution in [0, 0.1) is 0 Å². The van der Waals surface area contributed by atoms with Crippen molar-refractivity contribution in [1.82, 2.24) is 20.6 Å².